The molecule has 1 aromatic heterocycles. The first kappa shape index (κ1) is 23.1. The minimum Gasteiger partial charge on any atom is -0.352 e. The number of benzene rings is 3. The van der Waals surface area contributed by atoms with Gasteiger partial charge in [-0.05, 0) is 48.9 Å². The van der Waals surface area contributed by atoms with Crippen LogP contribution in [0.2, 0.25) is 0 Å². The van der Waals surface area contributed by atoms with Crippen molar-refractivity contribution in [3.05, 3.63) is 105 Å². The van der Waals surface area contributed by atoms with E-state index in [0.29, 0.717) is 35.2 Å². The van der Waals surface area contributed by atoms with E-state index < -0.39 is 4.92 Å². The molecular formula is C25H21FN4O3S. The molecule has 7 nitrogen and oxygen atoms in total. The van der Waals surface area contributed by atoms with E-state index in [1.807, 2.05) is 24.4 Å². The summed E-state index contributed by atoms with van der Waals surface area (Å²) in [7, 11) is 0. The number of nitro benzene ring substituents is 1. The third-order valence-corrected chi connectivity index (χ3v) is 6.00. The van der Waals surface area contributed by atoms with Crippen LogP contribution in [0.5, 0.6) is 0 Å². The third kappa shape index (κ3) is 5.10. The molecule has 3 aromatic carbocycles. The molecule has 0 bridgehead atoms. The monoisotopic (exact) mass is 476 g/mol. The lowest BCUT2D eigenvalue weighted by atomic mass is 10.1. The average molecular weight is 477 g/mol. The lowest BCUT2D eigenvalue weighted by molar-refractivity contribution is -0.384. The summed E-state index contributed by atoms with van der Waals surface area (Å²) in [4.78, 5) is 29.0. The highest BCUT2D eigenvalue weighted by Crippen LogP contribution is 2.35. The number of nitro groups is 1. The van der Waals surface area contributed by atoms with E-state index >= 15 is 0 Å². The summed E-state index contributed by atoms with van der Waals surface area (Å²) >= 11 is 1.35. The van der Waals surface area contributed by atoms with Crippen LogP contribution in [0.15, 0.2) is 78.2 Å². The maximum absolute atomic E-state index is 14.8. The molecule has 34 heavy (non-hydrogen) atoms. The fraction of sp³-hybridized carbons (Fsp3) is 0.120. The van der Waals surface area contributed by atoms with Gasteiger partial charge in [-0.15, -0.1) is 11.3 Å². The number of non-ortho nitro benzene ring substituents is 1. The summed E-state index contributed by atoms with van der Waals surface area (Å²) in [5.41, 5.74) is 3.18. The zero-order valence-electron chi connectivity index (χ0n) is 18.3. The molecule has 4 rings (SSSR count). The van der Waals surface area contributed by atoms with E-state index in [0.717, 1.165) is 11.1 Å². The number of nitrogens with zero attached hydrogens (tertiary/aromatic N) is 3. The molecule has 1 amide bonds. The molecule has 0 spiro atoms. The molecule has 0 saturated heterocycles. The molecular weight excluding hydrogens is 455 g/mol. The number of rotatable bonds is 8. The predicted molar refractivity (Wildman–Crippen MR) is 131 cm³/mol. The number of carbonyl (C=O) groups is 1. The minimum atomic E-state index is -0.451. The van der Waals surface area contributed by atoms with Crippen LogP contribution in [0.1, 0.15) is 22.8 Å². The van der Waals surface area contributed by atoms with Gasteiger partial charge in [0.15, 0.2) is 5.13 Å². The second-order valence-electron chi connectivity index (χ2n) is 7.41. The molecule has 0 atom stereocenters. The molecule has 1 N–H and O–H groups in total. The topological polar surface area (TPSA) is 88.4 Å². The van der Waals surface area contributed by atoms with Crippen LogP contribution < -0.4 is 10.2 Å². The molecule has 0 fully saturated rings. The van der Waals surface area contributed by atoms with E-state index in [1.165, 1.54) is 29.5 Å². The Hall–Kier alpha value is -4.11. The Balaban J connectivity index is 1.65. The first-order valence-corrected chi connectivity index (χ1v) is 11.4. The first-order valence-electron chi connectivity index (χ1n) is 10.6. The van der Waals surface area contributed by atoms with E-state index in [4.69, 9.17) is 0 Å². The minimum absolute atomic E-state index is 0.00301. The van der Waals surface area contributed by atoms with Crippen molar-refractivity contribution in [1.29, 1.82) is 0 Å². The highest BCUT2D eigenvalue weighted by molar-refractivity contribution is 7.14. The van der Waals surface area contributed by atoms with Gasteiger partial charge in [0.05, 0.1) is 22.8 Å². The highest BCUT2D eigenvalue weighted by Gasteiger charge is 2.19. The third-order valence-electron chi connectivity index (χ3n) is 5.13. The molecule has 1 heterocycles. The number of hydrogen-bond acceptors (Lipinski definition) is 6. The van der Waals surface area contributed by atoms with Crippen molar-refractivity contribution >= 4 is 33.8 Å². The van der Waals surface area contributed by atoms with Gasteiger partial charge in [-0.3, -0.25) is 14.9 Å². The van der Waals surface area contributed by atoms with Crippen LogP contribution in [-0.4, -0.2) is 22.4 Å². The summed E-state index contributed by atoms with van der Waals surface area (Å²) in [5.74, 6) is -0.527. The van der Waals surface area contributed by atoms with Crippen LogP contribution >= 0.6 is 11.3 Å². The van der Waals surface area contributed by atoms with Crippen LogP contribution in [0.4, 0.5) is 20.9 Å². The lowest BCUT2D eigenvalue weighted by Gasteiger charge is -2.23. The van der Waals surface area contributed by atoms with Gasteiger partial charge in [-0.1, -0.05) is 24.3 Å². The average Bonchev–Trinajstić information content (AvgIpc) is 3.34. The van der Waals surface area contributed by atoms with Crippen molar-refractivity contribution in [3.8, 4) is 11.3 Å². The second kappa shape index (κ2) is 10.2. The Labute approximate surface area is 199 Å². The molecule has 4 aromatic rings. The van der Waals surface area contributed by atoms with Gasteiger partial charge in [0.25, 0.3) is 11.6 Å². The van der Waals surface area contributed by atoms with E-state index in [-0.39, 0.29) is 17.4 Å². The van der Waals surface area contributed by atoms with Gasteiger partial charge in [-0.25, -0.2) is 9.37 Å². The standard InChI is InChI=1S/C25H21FN4O3S/c1-2-27-24(31)19-9-7-17(8-10-19)15-29(23-6-4-3-5-21(23)26)25-28-22(16-34-25)18-11-13-20(14-12-18)30(32)33/h3-14,16H,2,15H2,1H3,(H,27,31). The summed E-state index contributed by atoms with van der Waals surface area (Å²) in [6.07, 6.45) is 0. The van der Waals surface area contributed by atoms with Gasteiger partial charge in [-0.2, -0.15) is 0 Å². The second-order valence-corrected chi connectivity index (χ2v) is 8.25. The van der Waals surface area contributed by atoms with Gasteiger partial charge >= 0.3 is 0 Å². The van der Waals surface area contributed by atoms with Crippen LogP contribution in [-0.2, 0) is 6.54 Å². The number of nitrogens with one attached hydrogen (secondary N) is 1. The quantitative estimate of drug-likeness (QED) is 0.251. The van der Waals surface area contributed by atoms with Gasteiger partial charge in [0, 0.05) is 35.2 Å². The van der Waals surface area contributed by atoms with Crippen LogP contribution in [0.3, 0.4) is 0 Å². The predicted octanol–water partition coefficient (Wildman–Crippen LogP) is 5.95. The SMILES string of the molecule is CCNC(=O)c1ccc(CN(c2nc(-c3ccc([N+](=O)[O-])cc3)cs2)c2ccccc2F)cc1. The Bertz CT molecular complexity index is 1310. The molecule has 9 heteroatoms. The normalized spacial score (nSPS) is 10.6. The molecule has 172 valence electrons. The summed E-state index contributed by atoms with van der Waals surface area (Å²) in [6, 6.07) is 19.8. The number of hydrogen-bond donors (Lipinski definition) is 1. The van der Waals surface area contributed by atoms with Crippen molar-refractivity contribution in [2.45, 2.75) is 13.5 Å². The van der Waals surface area contributed by atoms with Crippen molar-refractivity contribution < 1.29 is 14.1 Å². The molecule has 0 unspecified atom stereocenters. The summed E-state index contributed by atoms with van der Waals surface area (Å²) in [6.45, 7) is 2.74. The van der Waals surface area contributed by atoms with E-state index in [2.05, 4.69) is 10.3 Å². The van der Waals surface area contributed by atoms with E-state index in [1.54, 1.807) is 47.4 Å². The molecule has 0 aliphatic heterocycles. The van der Waals surface area contributed by atoms with Crippen molar-refractivity contribution in [2.75, 3.05) is 11.4 Å². The Morgan fingerprint density at radius 3 is 2.44 bits per heavy atom. The fourth-order valence-corrected chi connectivity index (χ4v) is 4.25. The van der Waals surface area contributed by atoms with Crippen LogP contribution in [0, 0.1) is 15.9 Å². The number of anilines is 2. The van der Waals surface area contributed by atoms with E-state index in [9.17, 15) is 19.3 Å². The number of amides is 1. The van der Waals surface area contributed by atoms with Gasteiger partial charge in [0.2, 0.25) is 0 Å². The van der Waals surface area contributed by atoms with Crippen molar-refractivity contribution in [3.63, 3.8) is 0 Å². The Morgan fingerprint density at radius 2 is 1.79 bits per heavy atom. The highest BCUT2D eigenvalue weighted by atomic mass is 32.1. The lowest BCUT2D eigenvalue weighted by Crippen LogP contribution is -2.22. The molecule has 0 saturated carbocycles. The van der Waals surface area contributed by atoms with Crippen LogP contribution in [0.25, 0.3) is 11.3 Å². The number of halogens is 1. The zero-order chi connectivity index (χ0) is 24.1. The molecule has 0 aliphatic rings. The summed E-state index contributed by atoms with van der Waals surface area (Å²) < 4.78 is 14.8. The first-order chi connectivity index (χ1) is 16.5. The fourth-order valence-electron chi connectivity index (χ4n) is 3.41. The number of aromatic nitrogens is 1. The summed E-state index contributed by atoms with van der Waals surface area (Å²) in [5, 5.41) is 16.1. The van der Waals surface area contributed by atoms with Crippen molar-refractivity contribution in [2.24, 2.45) is 0 Å². The maximum atomic E-state index is 14.8. The van der Waals surface area contributed by atoms with Gasteiger partial charge < -0.3 is 10.2 Å². The van der Waals surface area contributed by atoms with Gasteiger partial charge in [0.1, 0.15) is 5.82 Å². The smallest absolute Gasteiger partial charge is 0.269 e. The Morgan fingerprint density at radius 1 is 1.09 bits per heavy atom. The number of thiazole rings is 1. The number of carbonyl (C=O) groups excluding carboxylic acids is 1. The maximum Gasteiger partial charge on any atom is 0.269 e. The largest absolute Gasteiger partial charge is 0.352 e. The molecule has 0 aliphatic carbocycles. The van der Waals surface area contributed by atoms with Crippen molar-refractivity contribution in [1.82, 2.24) is 10.3 Å². The number of para-hydroxylation sites is 1. The Kier molecular flexibility index (Phi) is 6.93. The molecule has 0 radical (unpaired) electrons. The zero-order valence-corrected chi connectivity index (χ0v) is 19.1.